The summed E-state index contributed by atoms with van der Waals surface area (Å²) in [4.78, 5) is 23.2. The Labute approximate surface area is 150 Å². The van der Waals surface area contributed by atoms with Crippen molar-refractivity contribution in [2.45, 2.75) is 70.4 Å². The van der Waals surface area contributed by atoms with Gasteiger partial charge in [-0.05, 0) is 45.4 Å². The quantitative estimate of drug-likeness (QED) is 0.859. The van der Waals surface area contributed by atoms with E-state index in [4.69, 9.17) is 0 Å². The summed E-state index contributed by atoms with van der Waals surface area (Å²) in [5.74, 6) is 3.16. The van der Waals surface area contributed by atoms with Gasteiger partial charge in [-0.2, -0.15) is 0 Å². The molecule has 0 spiro atoms. The largest absolute Gasteiger partial charge is 0.367 e. The minimum Gasteiger partial charge on any atom is -0.367 e. The van der Waals surface area contributed by atoms with Crippen LogP contribution in [0.3, 0.4) is 0 Å². The number of anilines is 2. The molecule has 2 aliphatic carbocycles. The Kier molecular flexibility index (Phi) is 5.76. The summed E-state index contributed by atoms with van der Waals surface area (Å²) in [5.41, 5.74) is 0. The van der Waals surface area contributed by atoms with Crippen LogP contribution in [0.1, 0.15) is 57.2 Å². The maximum absolute atomic E-state index is 12.3. The Hall–Kier alpha value is -1.85. The van der Waals surface area contributed by atoms with Crippen molar-refractivity contribution in [2.24, 2.45) is 5.92 Å². The lowest BCUT2D eigenvalue weighted by atomic mass is 9.90. The number of nitrogens with one attached hydrogen (secondary N) is 2. The summed E-state index contributed by atoms with van der Waals surface area (Å²) in [5, 5.41) is 6.83. The van der Waals surface area contributed by atoms with Crippen LogP contribution >= 0.6 is 0 Å². The van der Waals surface area contributed by atoms with Crippen LogP contribution in [-0.4, -0.2) is 42.1 Å². The molecule has 0 unspecified atom stereocenters. The topological polar surface area (TPSA) is 70.2 Å². The molecule has 6 heteroatoms. The van der Waals surface area contributed by atoms with E-state index in [1.807, 2.05) is 32.0 Å². The van der Waals surface area contributed by atoms with Crippen molar-refractivity contribution in [1.82, 2.24) is 15.3 Å². The van der Waals surface area contributed by atoms with Gasteiger partial charge in [0.1, 0.15) is 17.5 Å². The van der Waals surface area contributed by atoms with Crippen LogP contribution < -0.4 is 15.5 Å². The van der Waals surface area contributed by atoms with E-state index in [9.17, 15) is 4.79 Å². The molecule has 0 radical (unpaired) electrons. The van der Waals surface area contributed by atoms with Gasteiger partial charge in [0.25, 0.3) is 0 Å². The van der Waals surface area contributed by atoms with Gasteiger partial charge in [0.15, 0.2) is 0 Å². The second kappa shape index (κ2) is 8.02. The molecule has 0 aliphatic heterocycles. The number of carbonyl (C=O) groups is 1. The number of hydrogen-bond donors (Lipinski definition) is 2. The van der Waals surface area contributed by atoms with E-state index in [0.717, 1.165) is 56.0 Å². The molecular weight excluding hydrogens is 314 g/mol. The maximum atomic E-state index is 12.3. The highest BCUT2D eigenvalue weighted by Gasteiger charge is 2.27. The molecule has 0 saturated heterocycles. The van der Waals surface area contributed by atoms with Crippen molar-refractivity contribution < 1.29 is 4.79 Å². The minimum atomic E-state index is 0.268. The zero-order valence-electron chi connectivity index (χ0n) is 15.7. The standard InChI is InChI=1S/C19H31N5O/c1-13-20-17(12-18(21-13)24(2)3)22-15-8-10-16(11-9-15)23-19(25)14-6-4-5-7-14/h12,14-16H,4-11H2,1-3H3,(H,23,25)(H,20,21,22). The molecule has 1 heterocycles. The fourth-order valence-corrected chi connectivity index (χ4v) is 3.95. The van der Waals surface area contributed by atoms with E-state index in [0.29, 0.717) is 12.1 Å². The van der Waals surface area contributed by atoms with Crippen LogP contribution in [-0.2, 0) is 4.79 Å². The van der Waals surface area contributed by atoms with Crippen molar-refractivity contribution in [2.75, 3.05) is 24.3 Å². The van der Waals surface area contributed by atoms with Gasteiger partial charge in [0.2, 0.25) is 5.91 Å². The van der Waals surface area contributed by atoms with Gasteiger partial charge in [-0.3, -0.25) is 4.79 Å². The number of rotatable bonds is 5. The van der Waals surface area contributed by atoms with E-state index in [1.165, 1.54) is 12.8 Å². The third kappa shape index (κ3) is 4.83. The lowest BCUT2D eigenvalue weighted by Gasteiger charge is -2.30. The van der Waals surface area contributed by atoms with E-state index in [-0.39, 0.29) is 11.8 Å². The Bertz CT molecular complexity index is 589. The molecule has 25 heavy (non-hydrogen) atoms. The normalized spacial score (nSPS) is 24.1. The molecule has 1 aromatic heterocycles. The number of hydrogen-bond acceptors (Lipinski definition) is 5. The van der Waals surface area contributed by atoms with E-state index >= 15 is 0 Å². The smallest absolute Gasteiger partial charge is 0.223 e. The molecule has 1 aromatic rings. The highest BCUT2D eigenvalue weighted by molar-refractivity contribution is 5.79. The summed E-state index contributed by atoms with van der Waals surface area (Å²) in [6.45, 7) is 1.92. The van der Waals surface area contributed by atoms with Gasteiger partial charge in [-0.15, -0.1) is 0 Å². The highest BCUT2D eigenvalue weighted by atomic mass is 16.1. The zero-order chi connectivity index (χ0) is 17.8. The Morgan fingerprint density at radius 2 is 1.68 bits per heavy atom. The molecule has 0 aromatic carbocycles. The monoisotopic (exact) mass is 345 g/mol. The van der Waals surface area contributed by atoms with Gasteiger partial charge >= 0.3 is 0 Å². The third-order valence-corrected chi connectivity index (χ3v) is 5.43. The lowest BCUT2D eigenvalue weighted by molar-refractivity contribution is -0.125. The molecule has 138 valence electrons. The predicted octanol–water partition coefficient (Wildman–Crippen LogP) is 2.88. The van der Waals surface area contributed by atoms with Gasteiger partial charge in [0.05, 0.1) is 0 Å². The van der Waals surface area contributed by atoms with Gasteiger partial charge in [0, 0.05) is 38.2 Å². The van der Waals surface area contributed by atoms with Gasteiger partial charge < -0.3 is 15.5 Å². The summed E-state index contributed by atoms with van der Waals surface area (Å²) in [6, 6.07) is 2.76. The first-order valence-electron chi connectivity index (χ1n) is 9.61. The number of carbonyl (C=O) groups excluding carboxylic acids is 1. The lowest BCUT2D eigenvalue weighted by Crippen LogP contribution is -2.42. The fourth-order valence-electron chi connectivity index (χ4n) is 3.95. The molecule has 6 nitrogen and oxygen atoms in total. The van der Waals surface area contributed by atoms with Crippen molar-refractivity contribution in [1.29, 1.82) is 0 Å². The Balaban J connectivity index is 1.48. The van der Waals surface area contributed by atoms with Crippen LogP contribution in [0, 0.1) is 12.8 Å². The summed E-state index contributed by atoms with van der Waals surface area (Å²) < 4.78 is 0. The van der Waals surface area contributed by atoms with Gasteiger partial charge in [-0.1, -0.05) is 12.8 Å². The fraction of sp³-hybridized carbons (Fsp3) is 0.737. The molecule has 2 fully saturated rings. The maximum Gasteiger partial charge on any atom is 0.223 e. The third-order valence-electron chi connectivity index (χ3n) is 5.43. The Morgan fingerprint density at radius 3 is 2.32 bits per heavy atom. The van der Waals surface area contributed by atoms with Crippen LogP contribution in [0.5, 0.6) is 0 Å². The van der Waals surface area contributed by atoms with E-state index in [2.05, 4.69) is 20.6 Å². The van der Waals surface area contributed by atoms with Crippen LogP contribution in [0.25, 0.3) is 0 Å². The molecule has 0 bridgehead atoms. The van der Waals surface area contributed by atoms with Crippen LogP contribution in [0.4, 0.5) is 11.6 Å². The molecule has 2 N–H and O–H groups in total. The number of aryl methyl sites for hydroxylation is 1. The molecule has 3 rings (SSSR count). The molecule has 2 saturated carbocycles. The minimum absolute atomic E-state index is 0.268. The first-order valence-corrected chi connectivity index (χ1v) is 9.61. The number of nitrogens with zero attached hydrogens (tertiary/aromatic N) is 3. The molecule has 0 atom stereocenters. The van der Waals surface area contributed by atoms with E-state index < -0.39 is 0 Å². The van der Waals surface area contributed by atoms with Crippen LogP contribution in [0.2, 0.25) is 0 Å². The highest BCUT2D eigenvalue weighted by Crippen LogP contribution is 2.27. The second-order valence-electron chi connectivity index (χ2n) is 7.74. The van der Waals surface area contributed by atoms with Crippen molar-refractivity contribution in [3.63, 3.8) is 0 Å². The average Bonchev–Trinajstić information content (AvgIpc) is 3.11. The Morgan fingerprint density at radius 1 is 1.04 bits per heavy atom. The van der Waals surface area contributed by atoms with Crippen LogP contribution in [0.15, 0.2) is 6.07 Å². The second-order valence-corrected chi connectivity index (χ2v) is 7.74. The number of amides is 1. The summed E-state index contributed by atoms with van der Waals surface area (Å²) >= 11 is 0. The summed E-state index contributed by atoms with van der Waals surface area (Å²) in [7, 11) is 3.98. The first-order chi connectivity index (χ1) is 12.0. The summed E-state index contributed by atoms with van der Waals surface area (Å²) in [6.07, 6.45) is 8.78. The molecule has 1 amide bonds. The average molecular weight is 345 g/mol. The van der Waals surface area contributed by atoms with Crippen molar-refractivity contribution in [3.8, 4) is 0 Å². The SMILES string of the molecule is Cc1nc(NC2CCC(NC(=O)C3CCCC3)CC2)cc(N(C)C)n1. The van der Waals surface area contributed by atoms with Gasteiger partial charge in [-0.25, -0.2) is 9.97 Å². The van der Waals surface area contributed by atoms with Crippen molar-refractivity contribution >= 4 is 17.5 Å². The van der Waals surface area contributed by atoms with Crippen molar-refractivity contribution in [3.05, 3.63) is 11.9 Å². The number of aromatic nitrogens is 2. The molecular formula is C19H31N5O. The predicted molar refractivity (Wildman–Crippen MR) is 101 cm³/mol. The zero-order valence-corrected chi connectivity index (χ0v) is 15.7. The molecule has 2 aliphatic rings. The first kappa shape index (κ1) is 18.0. The van der Waals surface area contributed by atoms with E-state index in [1.54, 1.807) is 0 Å².